The van der Waals surface area contributed by atoms with Crippen LogP contribution in [0.1, 0.15) is 156 Å². The second-order valence-electron chi connectivity index (χ2n) is 26.3. The summed E-state index contributed by atoms with van der Waals surface area (Å²) in [5.41, 5.74) is 7.72. The van der Waals surface area contributed by atoms with Crippen LogP contribution in [0.5, 0.6) is 0 Å². The number of ketones is 3. The summed E-state index contributed by atoms with van der Waals surface area (Å²) in [7, 11) is 8.60. The molecule has 3 aromatic rings. The number of Topliss-reactive ketones (excluding diaryl/α,β-unsaturated/α-hetero) is 3. The Morgan fingerprint density at radius 1 is 0.777 bits per heavy atom. The van der Waals surface area contributed by atoms with E-state index in [1.165, 1.54) is 18.9 Å². The number of rotatable bonds is 40. The van der Waals surface area contributed by atoms with Crippen molar-refractivity contribution in [3.05, 3.63) is 77.9 Å². The van der Waals surface area contributed by atoms with Crippen LogP contribution in [0, 0.1) is 59.2 Å². The van der Waals surface area contributed by atoms with Gasteiger partial charge in [0.05, 0.1) is 54.3 Å². The lowest BCUT2D eigenvalue weighted by atomic mass is 9.83. The summed E-state index contributed by atoms with van der Waals surface area (Å²) in [6.07, 6.45) is 8.97. The second-order valence-corrected chi connectivity index (χ2v) is 27.0. The summed E-state index contributed by atoms with van der Waals surface area (Å²) in [5.74, 6) is 0.725. The number of likely N-dealkylation sites (N-methyl/N-ethyl adjacent to an activating group) is 2. The monoisotopic (exact) mass is 1320 g/mol. The minimum atomic E-state index is -0.850. The molecule has 94 heavy (non-hydrogen) atoms. The Balaban J connectivity index is 1.43. The van der Waals surface area contributed by atoms with Gasteiger partial charge in [-0.15, -0.1) is 0 Å². The normalized spacial score (nSPS) is 16.3. The summed E-state index contributed by atoms with van der Waals surface area (Å²) in [4.78, 5) is 143. The van der Waals surface area contributed by atoms with Gasteiger partial charge in [-0.1, -0.05) is 111 Å². The SMILES string of the molecule is CC[C@H](C)[C@@H]([C@@H](CC(=O)N1CCC[C@H]1[C@H](OC)[C@@H](C)C(=O)C[C@@H](Cc1ccccn1)C(=O)NCc1ccc(NC(=O)[C@H](CCCNC(N)=O)CC(=O)[C@@H](NC(=O)CCCC#Cc2cnc(SC)nc2)C(C)C)cc1)OC)N(C)C(=O)[C@@H](CC(=O)[C@H](C(C)C)N(C)C)C(C)C. The van der Waals surface area contributed by atoms with Crippen molar-refractivity contribution in [1.29, 1.82) is 0 Å². The van der Waals surface area contributed by atoms with Crippen molar-refractivity contribution in [2.24, 2.45) is 53.1 Å². The average Bonchev–Trinajstić information content (AvgIpc) is 1.43. The van der Waals surface area contributed by atoms with E-state index in [1.807, 2.05) is 86.7 Å². The number of unbranched alkanes of at least 4 members (excludes halogenated alkanes) is 1. The third kappa shape index (κ3) is 24.9. The zero-order valence-corrected chi connectivity index (χ0v) is 59.1. The van der Waals surface area contributed by atoms with Gasteiger partial charge in [-0.25, -0.2) is 14.8 Å². The smallest absolute Gasteiger partial charge is 0.312 e. The molecule has 1 fully saturated rings. The van der Waals surface area contributed by atoms with Crippen LogP contribution in [0.2, 0.25) is 0 Å². The molecule has 0 spiro atoms. The Kier molecular flexibility index (Phi) is 34.0. The van der Waals surface area contributed by atoms with Gasteiger partial charge >= 0.3 is 6.03 Å². The van der Waals surface area contributed by atoms with E-state index in [-0.39, 0.29) is 129 Å². The number of amides is 7. The van der Waals surface area contributed by atoms with Gasteiger partial charge in [0, 0.05) is 127 Å². The number of nitrogens with zero attached hydrogens (tertiary/aromatic N) is 6. The highest BCUT2D eigenvalue weighted by Crippen LogP contribution is 2.32. The number of nitrogens with one attached hydrogen (secondary N) is 4. The van der Waals surface area contributed by atoms with Crippen molar-refractivity contribution in [2.45, 2.75) is 194 Å². The van der Waals surface area contributed by atoms with E-state index in [1.54, 1.807) is 85.9 Å². The van der Waals surface area contributed by atoms with Crippen molar-refractivity contribution in [3.63, 3.8) is 0 Å². The number of anilines is 1. The Bertz CT molecular complexity index is 2990. The van der Waals surface area contributed by atoms with Crippen LogP contribution in [-0.2, 0) is 60.8 Å². The summed E-state index contributed by atoms with van der Waals surface area (Å²) in [6.45, 7) is 18.1. The molecule has 1 aliphatic heterocycles. The average molecular weight is 1320 g/mol. The minimum absolute atomic E-state index is 0.0143. The van der Waals surface area contributed by atoms with E-state index in [9.17, 15) is 43.2 Å². The number of thioether (sulfide) groups is 1. The van der Waals surface area contributed by atoms with Crippen molar-refractivity contribution < 1.29 is 52.6 Å². The molecular weight excluding hydrogens is 1210 g/mol. The van der Waals surface area contributed by atoms with Crippen LogP contribution >= 0.6 is 11.8 Å². The predicted molar refractivity (Wildman–Crippen MR) is 366 cm³/mol. The first-order chi connectivity index (χ1) is 44.6. The molecule has 0 bridgehead atoms. The molecule has 1 aliphatic rings. The van der Waals surface area contributed by atoms with E-state index in [2.05, 4.69) is 48.1 Å². The van der Waals surface area contributed by atoms with Gasteiger partial charge in [0.1, 0.15) is 5.78 Å². The number of benzene rings is 1. The fourth-order valence-electron chi connectivity index (χ4n) is 12.7. The maximum atomic E-state index is 14.7. The third-order valence-corrected chi connectivity index (χ3v) is 18.6. The molecule has 2 aromatic heterocycles. The Morgan fingerprint density at radius 2 is 1.46 bits per heavy atom. The topological polar surface area (TPSA) is 295 Å². The maximum Gasteiger partial charge on any atom is 0.312 e. The van der Waals surface area contributed by atoms with Crippen molar-refractivity contribution in [3.8, 4) is 11.8 Å². The van der Waals surface area contributed by atoms with Gasteiger partial charge in [-0.05, 0) is 106 Å². The van der Waals surface area contributed by atoms with E-state index >= 15 is 0 Å². The number of hydrogen-bond acceptors (Lipinski definition) is 16. The molecule has 0 saturated carbocycles. The minimum Gasteiger partial charge on any atom is -0.379 e. The third-order valence-electron chi connectivity index (χ3n) is 18.0. The van der Waals surface area contributed by atoms with Crippen LogP contribution in [0.3, 0.4) is 0 Å². The van der Waals surface area contributed by atoms with Gasteiger partial charge in [-0.2, -0.15) is 0 Å². The summed E-state index contributed by atoms with van der Waals surface area (Å²) in [6, 6.07) is 9.42. The number of pyridine rings is 1. The fourth-order valence-corrected chi connectivity index (χ4v) is 13.0. The Labute approximate surface area is 562 Å². The zero-order valence-electron chi connectivity index (χ0n) is 58.3. The summed E-state index contributed by atoms with van der Waals surface area (Å²) >= 11 is 1.43. The lowest BCUT2D eigenvalue weighted by molar-refractivity contribution is -0.149. The number of ether oxygens (including phenoxy) is 2. The van der Waals surface area contributed by atoms with Gasteiger partial charge in [-0.3, -0.25) is 48.2 Å². The van der Waals surface area contributed by atoms with Crippen LogP contribution in [0.15, 0.2) is 66.2 Å². The lowest BCUT2D eigenvalue weighted by Crippen LogP contribution is -2.54. The van der Waals surface area contributed by atoms with Gasteiger partial charge in [0.25, 0.3) is 0 Å². The molecule has 1 saturated heterocycles. The molecule has 0 unspecified atom stereocenters. The number of urea groups is 1. The van der Waals surface area contributed by atoms with Gasteiger partial charge in [0.15, 0.2) is 16.7 Å². The number of carbonyl (C=O) groups is 9. The van der Waals surface area contributed by atoms with Crippen molar-refractivity contribution >= 4 is 70.4 Å². The molecule has 4 rings (SSSR count). The highest BCUT2D eigenvalue weighted by Gasteiger charge is 2.44. The molecule has 3 heterocycles. The van der Waals surface area contributed by atoms with Crippen LogP contribution in [0.4, 0.5) is 10.5 Å². The molecule has 0 radical (unpaired) electrons. The number of nitrogens with two attached hydrogens (primary N) is 1. The van der Waals surface area contributed by atoms with E-state index in [0.29, 0.717) is 72.7 Å². The number of methoxy groups -OCH3 is 2. The molecule has 1 aromatic carbocycles. The summed E-state index contributed by atoms with van der Waals surface area (Å²) in [5, 5.41) is 12.0. The van der Waals surface area contributed by atoms with Crippen LogP contribution < -0.4 is 27.0 Å². The number of aromatic nitrogens is 3. The molecule has 22 nitrogen and oxygen atoms in total. The first kappa shape index (κ1) is 79.3. The molecule has 7 amide bonds. The highest BCUT2D eigenvalue weighted by molar-refractivity contribution is 7.98. The van der Waals surface area contributed by atoms with E-state index in [4.69, 9.17) is 15.2 Å². The van der Waals surface area contributed by atoms with E-state index < -0.39 is 65.9 Å². The standard InChI is InChI=1S/C71H107N11O11S/c1-16-47(8)65(81(12)69(90)55(44(2)3)39-59(85)64(46(6)7)80(10)11)60(92-13)40-62(87)82-35-23-27-56(82)66(93-14)48(9)57(83)38-52(36-54-26-20-21-33-73-54)67(88)75-41-49-29-31-53(32-30-49)78-68(89)51(25-22-34-74-70(72)91)37-58(84)63(45(4)5)79-61(86)28-19-17-18-24-50-42-76-71(94-15)77-43-50/h20-21,26,29-33,42-48,51-52,55-56,60,63-66H,16-17,19,22-23,25,27-28,34-41H2,1-15H3,(H,75,88)(H,78,89)(H,79,86)(H3,72,74,91)/t47-,48-,51+,52+,55-,56-,60+,63-,64-,65-,66+/m0/s1. The van der Waals surface area contributed by atoms with Crippen LogP contribution in [0.25, 0.3) is 0 Å². The second kappa shape index (κ2) is 40.3. The maximum absolute atomic E-state index is 14.7. The largest absolute Gasteiger partial charge is 0.379 e. The number of primary amides is 1. The van der Waals surface area contributed by atoms with Crippen LogP contribution in [-0.4, -0.2) is 174 Å². The number of likely N-dealkylation sites (tertiary alicyclic amines) is 1. The van der Waals surface area contributed by atoms with Crippen molar-refractivity contribution in [1.82, 2.24) is 45.6 Å². The predicted octanol–water partition coefficient (Wildman–Crippen LogP) is 8.09. The van der Waals surface area contributed by atoms with Gasteiger partial charge in [0.2, 0.25) is 29.5 Å². The first-order valence-electron chi connectivity index (χ1n) is 33.3. The molecule has 11 atom stereocenters. The van der Waals surface area contributed by atoms with Gasteiger partial charge < -0.3 is 46.3 Å². The van der Waals surface area contributed by atoms with Crippen molar-refractivity contribution in [2.75, 3.05) is 60.0 Å². The quantitative estimate of drug-likeness (QED) is 0.0156. The lowest BCUT2D eigenvalue weighted by Gasteiger charge is -2.41. The number of carbonyl (C=O) groups excluding carboxylic acids is 9. The fraction of sp³-hybridized carbons (Fsp3) is 0.634. The number of hydrogen-bond donors (Lipinski definition) is 5. The molecule has 6 N–H and O–H groups in total. The zero-order chi connectivity index (χ0) is 69.8. The van der Waals surface area contributed by atoms with E-state index in [0.717, 1.165) is 0 Å². The Hall–Kier alpha value is -7.13. The molecule has 518 valence electrons. The molecular formula is C71H107N11O11S. The highest BCUT2D eigenvalue weighted by atomic mass is 32.2. The molecule has 0 aliphatic carbocycles. The molecule has 23 heteroatoms. The summed E-state index contributed by atoms with van der Waals surface area (Å²) < 4.78 is 12.3. The first-order valence-corrected chi connectivity index (χ1v) is 34.5. The Morgan fingerprint density at radius 3 is 2.03 bits per heavy atom.